The minimum absolute atomic E-state index is 0.0459. The van der Waals surface area contributed by atoms with Crippen LogP contribution >= 0.6 is 0 Å². The molecular formula is C7H13NO4. The normalized spacial score (nSPS) is 13.0. The SMILES string of the molecule is [2H]COC[C@H](NC(C)=O)C(=O)OC. The average molecular weight is 176 g/mol. The number of methoxy groups -OCH3 is 2. The van der Waals surface area contributed by atoms with E-state index < -0.39 is 12.0 Å². The van der Waals surface area contributed by atoms with Crippen molar-refractivity contribution in [3.8, 4) is 0 Å². The third kappa shape index (κ3) is 3.92. The molecule has 0 radical (unpaired) electrons. The minimum Gasteiger partial charge on any atom is -0.467 e. The molecule has 5 nitrogen and oxygen atoms in total. The lowest BCUT2D eigenvalue weighted by atomic mass is 10.3. The fourth-order valence-electron chi connectivity index (χ4n) is 0.674. The number of nitrogens with one attached hydrogen (secondary N) is 1. The summed E-state index contributed by atoms with van der Waals surface area (Å²) in [4.78, 5) is 21.6. The second-order valence-electron chi connectivity index (χ2n) is 2.15. The molecule has 70 valence electrons. The molecule has 0 saturated heterocycles. The Morgan fingerprint density at radius 2 is 2.33 bits per heavy atom. The van der Waals surface area contributed by atoms with E-state index in [0.717, 1.165) is 0 Å². The Morgan fingerprint density at radius 1 is 1.67 bits per heavy atom. The molecule has 1 amide bonds. The number of hydrogen-bond donors (Lipinski definition) is 1. The van der Waals surface area contributed by atoms with Crippen LogP contribution in [0.5, 0.6) is 0 Å². The first kappa shape index (κ1) is 8.99. The Labute approximate surface area is 72.4 Å². The molecule has 5 heteroatoms. The van der Waals surface area contributed by atoms with Crippen molar-refractivity contribution < 1.29 is 20.4 Å². The number of hydrogen-bond acceptors (Lipinski definition) is 4. The molecule has 0 fully saturated rings. The molecule has 0 aliphatic carbocycles. The van der Waals surface area contributed by atoms with E-state index in [-0.39, 0.29) is 19.6 Å². The second kappa shape index (κ2) is 5.54. The zero-order valence-electron chi connectivity index (χ0n) is 8.12. The molecule has 0 aromatic heterocycles. The number of amides is 1. The molecule has 0 spiro atoms. The quantitative estimate of drug-likeness (QED) is 0.576. The summed E-state index contributed by atoms with van der Waals surface area (Å²) in [6, 6.07) is -0.826. The summed E-state index contributed by atoms with van der Waals surface area (Å²) >= 11 is 0. The predicted molar refractivity (Wildman–Crippen MR) is 41.5 cm³/mol. The van der Waals surface area contributed by atoms with Gasteiger partial charge in [0, 0.05) is 14.0 Å². The van der Waals surface area contributed by atoms with Gasteiger partial charge in [-0.1, -0.05) is 0 Å². The van der Waals surface area contributed by atoms with Crippen LogP contribution in [0, 0.1) is 0 Å². The lowest BCUT2D eigenvalue weighted by Gasteiger charge is -2.13. The highest BCUT2D eigenvalue weighted by molar-refractivity contribution is 5.83. The Morgan fingerprint density at radius 3 is 2.75 bits per heavy atom. The van der Waals surface area contributed by atoms with E-state index in [1.54, 1.807) is 0 Å². The molecule has 1 atom stereocenters. The Bertz CT molecular complexity index is 185. The van der Waals surface area contributed by atoms with Gasteiger partial charge < -0.3 is 14.8 Å². The highest BCUT2D eigenvalue weighted by Crippen LogP contribution is 1.88. The molecule has 0 rings (SSSR count). The van der Waals surface area contributed by atoms with Gasteiger partial charge in [-0.3, -0.25) is 4.79 Å². The summed E-state index contributed by atoms with van der Waals surface area (Å²) in [6.45, 7) is 1.24. The zero-order valence-corrected chi connectivity index (χ0v) is 7.12. The van der Waals surface area contributed by atoms with E-state index in [9.17, 15) is 9.59 Å². The van der Waals surface area contributed by atoms with Gasteiger partial charge in [0.1, 0.15) is 0 Å². The van der Waals surface area contributed by atoms with E-state index in [0.29, 0.717) is 0 Å². The van der Waals surface area contributed by atoms with Crippen LogP contribution in [0.25, 0.3) is 0 Å². The van der Waals surface area contributed by atoms with Gasteiger partial charge in [0.15, 0.2) is 6.04 Å². The lowest BCUT2D eigenvalue weighted by molar-refractivity contribution is -0.146. The van der Waals surface area contributed by atoms with Crippen LogP contribution in [0.15, 0.2) is 0 Å². The molecule has 0 aromatic rings. The van der Waals surface area contributed by atoms with E-state index in [2.05, 4.69) is 14.8 Å². The van der Waals surface area contributed by atoms with Crippen LogP contribution in [-0.4, -0.2) is 38.7 Å². The third-order valence-corrected chi connectivity index (χ3v) is 1.15. The smallest absolute Gasteiger partial charge is 0.330 e. The predicted octanol–water partition coefficient (Wildman–Crippen LogP) is -0.690. The van der Waals surface area contributed by atoms with Gasteiger partial charge in [-0.05, 0) is 0 Å². The van der Waals surface area contributed by atoms with Crippen LogP contribution in [-0.2, 0) is 19.1 Å². The van der Waals surface area contributed by atoms with Gasteiger partial charge in [0.2, 0.25) is 5.91 Å². The standard InChI is InChI=1S/C7H13NO4/c1-5(9)8-6(4-11-2)7(10)12-3/h6H,4H2,1-3H3,(H,8,9)/t6-/m0/s1/i2D. The topological polar surface area (TPSA) is 64.6 Å². The van der Waals surface area contributed by atoms with Crippen LogP contribution in [0.1, 0.15) is 8.29 Å². The second-order valence-corrected chi connectivity index (χ2v) is 2.15. The summed E-state index contributed by atoms with van der Waals surface area (Å²) in [7, 11) is 0.963. The first-order chi connectivity index (χ1) is 6.11. The van der Waals surface area contributed by atoms with Crippen molar-refractivity contribution in [1.82, 2.24) is 5.32 Å². The molecule has 0 unspecified atom stereocenters. The first-order valence-electron chi connectivity index (χ1n) is 4.04. The van der Waals surface area contributed by atoms with Crippen molar-refractivity contribution >= 4 is 11.9 Å². The fourth-order valence-corrected chi connectivity index (χ4v) is 0.674. The molecule has 0 bridgehead atoms. The molecule has 0 saturated carbocycles. The number of carbonyl (C=O) groups excluding carboxylic acids is 2. The van der Waals surface area contributed by atoms with Crippen molar-refractivity contribution in [2.24, 2.45) is 0 Å². The summed E-state index contributed by atoms with van der Waals surface area (Å²) in [5, 5.41) is 2.34. The van der Waals surface area contributed by atoms with E-state index in [1.165, 1.54) is 14.0 Å². The maximum Gasteiger partial charge on any atom is 0.330 e. The van der Waals surface area contributed by atoms with Crippen molar-refractivity contribution in [3.05, 3.63) is 0 Å². The third-order valence-electron chi connectivity index (χ3n) is 1.15. The van der Waals surface area contributed by atoms with Gasteiger partial charge in [0.05, 0.1) is 15.1 Å². The van der Waals surface area contributed by atoms with Gasteiger partial charge in [0.25, 0.3) is 0 Å². The fraction of sp³-hybridized carbons (Fsp3) is 0.714. The highest BCUT2D eigenvalue weighted by Gasteiger charge is 2.19. The Balaban J connectivity index is 4.02. The van der Waals surface area contributed by atoms with Crippen molar-refractivity contribution in [1.29, 1.82) is 0 Å². The average Bonchev–Trinajstić information content (AvgIpc) is 2.10. The van der Waals surface area contributed by atoms with Crippen LogP contribution in [0.2, 0.25) is 0 Å². The Kier molecular flexibility index (Phi) is 4.15. The highest BCUT2D eigenvalue weighted by atomic mass is 16.5. The van der Waals surface area contributed by atoms with Gasteiger partial charge >= 0.3 is 5.97 Å². The van der Waals surface area contributed by atoms with Gasteiger partial charge in [-0.2, -0.15) is 0 Å². The maximum absolute atomic E-state index is 11.0. The zero-order chi connectivity index (χ0) is 10.3. The number of esters is 1. The molecular weight excluding hydrogens is 162 g/mol. The summed E-state index contributed by atoms with van der Waals surface area (Å²) in [6.07, 6.45) is 0. The van der Waals surface area contributed by atoms with E-state index >= 15 is 0 Å². The molecule has 0 aliphatic heterocycles. The van der Waals surface area contributed by atoms with E-state index in [4.69, 9.17) is 1.37 Å². The molecule has 0 heterocycles. The Hall–Kier alpha value is -1.10. The minimum atomic E-state index is -0.826. The monoisotopic (exact) mass is 176 g/mol. The molecule has 12 heavy (non-hydrogen) atoms. The van der Waals surface area contributed by atoms with Crippen LogP contribution in [0.4, 0.5) is 0 Å². The van der Waals surface area contributed by atoms with Gasteiger partial charge in [-0.15, -0.1) is 0 Å². The first-order valence-corrected chi connectivity index (χ1v) is 3.33. The van der Waals surface area contributed by atoms with Crippen LogP contribution < -0.4 is 5.32 Å². The van der Waals surface area contributed by atoms with Crippen LogP contribution in [0.3, 0.4) is 0 Å². The summed E-state index contributed by atoms with van der Waals surface area (Å²) in [5.41, 5.74) is 0. The largest absolute Gasteiger partial charge is 0.467 e. The van der Waals surface area contributed by atoms with Crippen molar-refractivity contribution in [2.75, 3.05) is 20.8 Å². The van der Waals surface area contributed by atoms with Gasteiger partial charge in [-0.25, -0.2) is 4.79 Å². The van der Waals surface area contributed by atoms with Crippen molar-refractivity contribution in [3.63, 3.8) is 0 Å². The number of carbonyl (C=O) groups is 2. The molecule has 0 aromatic carbocycles. The summed E-state index contributed by atoms with van der Waals surface area (Å²) in [5.74, 6) is -0.923. The maximum atomic E-state index is 11.0. The number of rotatable bonds is 4. The molecule has 0 aliphatic rings. The van der Waals surface area contributed by atoms with E-state index in [1.807, 2.05) is 0 Å². The molecule has 1 N–H and O–H groups in total. The number of ether oxygens (including phenoxy) is 2. The van der Waals surface area contributed by atoms with Crippen molar-refractivity contribution in [2.45, 2.75) is 13.0 Å². The summed E-state index contributed by atoms with van der Waals surface area (Å²) < 4.78 is 15.8. The lowest BCUT2D eigenvalue weighted by Crippen LogP contribution is -2.43.